The zero-order valence-electron chi connectivity index (χ0n) is 15.3. The van der Waals surface area contributed by atoms with Gasteiger partial charge in [-0.15, -0.1) is 0 Å². The lowest BCUT2D eigenvalue weighted by Crippen LogP contribution is -2.11. The predicted octanol–water partition coefficient (Wildman–Crippen LogP) is 5.76. The summed E-state index contributed by atoms with van der Waals surface area (Å²) in [7, 11) is 0. The van der Waals surface area contributed by atoms with Crippen LogP contribution in [0.1, 0.15) is 57.2 Å². The fourth-order valence-corrected chi connectivity index (χ4v) is 2.55. The van der Waals surface area contributed by atoms with Gasteiger partial charge >= 0.3 is 0 Å². The molecule has 2 heteroatoms. The van der Waals surface area contributed by atoms with E-state index >= 15 is 0 Å². The Kier molecular flexibility index (Phi) is 5.61. The van der Waals surface area contributed by atoms with Gasteiger partial charge in [-0.3, -0.25) is 4.79 Å². The lowest BCUT2D eigenvalue weighted by molar-refractivity contribution is -0.111. The molecule has 0 aliphatic heterocycles. The van der Waals surface area contributed by atoms with Crippen LogP contribution in [0.4, 0.5) is 5.69 Å². The summed E-state index contributed by atoms with van der Waals surface area (Å²) in [6, 6.07) is 16.3. The molecule has 2 aromatic rings. The molecule has 126 valence electrons. The van der Waals surface area contributed by atoms with Crippen LogP contribution in [0.2, 0.25) is 0 Å². The van der Waals surface area contributed by atoms with Gasteiger partial charge in [-0.1, -0.05) is 77.1 Å². The first-order chi connectivity index (χ1) is 11.3. The smallest absolute Gasteiger partial charge is 0.248 e. The molecule has 0 aromatic heterocycles. The lowest BCUT2D eigenvalue weighted by atomic mass is 9.87. The summed E-state index contributed by atoms with van der Waals surface area (Å²) in [5.74, 6) is 0.262. The Morgan fingerprint density at radius 2 is 1.62 bits per heavy atom. The van der Waals surface area contributed by atoms with E-state index in [4.69, 9.17) is 0 Å². The Morgan fingerprint density at radius 1 is 1.00 bits per heavy atom. The van der Waals surface area contributed by atoms with E-state index < -0.39 is 0 Å². The molecular formula is C22H27NO. The summed E-state index contributed by atoms with van der Waals surface area (Å²) in [5.41, 5.74) is 4.48. The molecule has 1 amide bonds. The molecule has 0 radical (unpaired) electrons. The van der Waals surface area contributed by atoms with Crippen molar-refractivity contribution in [1.82, 2.24) is 0 Å². The second-order valence-electron chi connectivity index (χ2n) is 7.44. The molecule has 0 atom stereocenters. The molecule has 1 N–H and O–H groups in total. The first-order valence-corrected chi connectivity index (χ1v) is 8.46. The van der Waals surface area contributed by atoms with Crippen molar-refractivity contribution in [1.29, 1.82) is 0 Å². The molecule has 24 heavy (non-hydrogen) atoms. The number of nitrogens with one attached hydrogen (secondary N) is 1. The number of carbonyl (C=O) groups excluding carboxylic acids is 1. The highest BCUT2D eigenvalue weighted by Crippen LogP contribution is 2.24. The Bertz CT molecular complexity index is 718. The van der Waals surface area contributed by atoms with Crippen LogP contribution in [0.15, 0.2) is 54.6 Å². The van der Waals surface area contributed by atoms with Crippen molar-refractivity contribution in [3.05, 3.63) is 71.3 Å². The normalized spacial score (nSPS) is 11.9. The van der Waals surface area contributed by atoms with Crippen molar-refractivity contribution in [2.75, 3.05) is 5.32 Å². The van der Waals surface area contributed by atoms with Crippen LogP contribution in [0.5, 0.6) is 0 Å². The van der Waals surface area contributed by atoms with Crippen molar-refractivity contribution >= 4 is 17.7 Å². The molecule has 0 spiro atoms. The molecule has 2 rings (SSSR count). The molecule has 0 bridgehead atoms. The summed E-state index contributed by atoms with van der Waals surface area (Å²) < 4.78 is 0. The molecule has 0 aliphatic rings. The van der Waals surface area contributed by atoms with Crippen molar-refractivity contribution < 1.29 is 4.79 Å². The highest BCUT2D eigenvalue weighted by molar-refractivity contribution is 6.02. The molecule has 0 unspecified atom stereocenters. The number of hydrogen-bond acceptors (Lipinski definition) is 1. The fraction of sp³-hybridized carbons (Fsp3) is 0.318. The second-order valence-corrected chi connectivity index (χ2v) is 7.44. The minimum absolute atomic E-state index is 0.108. The van der Waals surface area contributed by atoms with Gasteiger partial charge in [-0.25, -0.2) is 0 Å². The van der Waals surface area contributed by atoms with Crippen LogP contribution in [0.25, 0.3) is 6.08 Å². The highest BCUT2D eigenvalue weighted by atomic mass is 16.1. The third kappa shape index (κ3) is 4.82. The number of benzene rings is 2. The van der Waals surface area contributed by atoms with Gasteiger partial charge in [-0.2, -0.15) is 0 Å². The molecule has 0 heterocycles. The molecule has 2 aromatic carbocycles. The largest absolute Gasteiger partial charge is 0.322 e. The molecular weight excluding hydrogens is 294 g/mol. The van der Waals surface area contributed by atoms with Crippen LogP contribution in [-0.4, -0.2) is 5.91 Å². The topological polar surface area (TPSA) is 29.1 Å². The monoisotopic (exact) mass is 321 g/mol. The van der Waals surface area contributed by atoms with E-state index in [-0.39, 0.29) is 11.3 Å². The van der Waals surface area contributed by atoms with Crippen molar-refractivity contribution in [2.24, 2.45) is 0 Å². The number of rotatable bonds is 4. The van der Waals surface area contributed by atoms with Crippen molar-refractivity contribution in [2.45, 2.75) is 46.0 Å². The summed E-state index contributed by atoms with van der Waals surface area (Å²) in [6.45, 7) is 10.8. The SMILES string of the molecule is CC(C)c1ccccc1NC(=O)C=Cc1ccc(C(C)(C)C)cc1. The Hall–Kier alpha value is -2.35. The van der Waals surface area contributed by atoms with Crippen molar-refractivity contribution in [3.63, 3.8) is 0 Å². The van der Waals surface area contributed by atoms with Gasteiger partial charge < -0.3 is 5.32 Å². The molecule has 0 aliphatic carbocycles. The maximum Gasteiger partial charge on any atom is 0.248 e. The fourth-order valence-electron chi connectivity index (χ4n) is 2.55. The number of amides is 1. The van der Waals surface area contributed by atoms with Gasteiger partial charge in [-0.05, 0) is 40.2 Å². The van der Waals surface area contributed by atoms with E-state index in [1.165, 1.54) is 5.56 Å². The number of carbonyl (C=O) groups is 1. The van der Waals surface area contributed by atoms with Gasteiger partial charge in [0.15, 0.2) is 0 Å². The zero-order valence-corrected chi connectivity index (χ0v) is 15.3. The minimum Gasteiger partial charge on any atom is -0.322 e. The molecule has 2 nitrogen and oxygen atoms in total. The zero-order chi connectivity index (χ0) is 17.7. The highest BCUT2D eigenvalue weighted by Gasteiger charge is 2.12. The van der Waals surface area contributed by atoms with Crippen LogP contribution in [0, 0.1) is 0 Å². The third-order valence-electron chi connectivity index (χ3n) is 4.04. The summed E-state index contributed by atoms with van der Waals surface area (Å²) in [5, 5.41) is 2.97. The number of para-hydroxylation sites is 1. The van der Waals surface area contributed by atoms with E-state index in [1.54, 1.807) is 6.08 Å². The third-order valence-corrected chi connectivity index (χ3v) is 4.04. The van der Waals surface area contributed by atoms with E-state index in [2.05, 4.69) is 58.1 Å². The second kappa shape index (κ2) is 7.48. The number of hydrogen-bond donors (Lipinski definition) is 1. The Morgan fingerprint density at radius 3 is 2.21 bits per heavy atom. The lowest BCUT2D eigenvalue weighted by Gasteiger charge is -2.18. The van der Waals surface area contributed by atoms with E-state index in [0.29, 0.717) is 5.92 Å². The maximum atomic E-state index is 12.2. The van der Waals surface area contributed by atoms with Gasteiger partial charge in [0.2, 0.25) is 5.91 Å². The van der Waals surface area contributed by atoms with E-state index in [9.17, 15) is 4.79 Å². The first-order valence-electron chi connectivity index (χ1n) is 8.46. The van der Waals surface area contributed by atoms with Crippen molar-refractivity contribution in [3.8, 4) is 0 Å². The average molecular weight is 321 g/mol. The number of anilines is 1. The molecule has 0 saturated heterocycles. The minimum atomic E-state index is -0.108. The first kappa shape index (κ1) is 18.0. The van der Waals surface area contributed by atoms with Gasteiger partial charge in [0.05, 0.1) is 0 Å². The Labute approximate surface area is 145 Å². The van der Waals surface area contributed by atoms with E-state index in [0.717, 1.165) is 16.8 Å². The van der Waals surface area contributed by atoms with E-state index in [1.807, 2.05) is 36.4 Å². The molecule has 0 saturated carbocycles. The van der Waals surface area contributed by atoms with Gasteiger partial charge in [0.1, 0.15) is 0 Å². The standard InChI is InChI=1S/C22H27NO/c1-16(2)19-8-6-7-9-20(19)23-21(24)15-12-17-10-13-18(14-11-17)22(3,4)5/h6-16H,1-5H3,(H,23,24). The Balaban J connectivity index is 2.06. The van der Waals surface area contributed by atoms with Gasteiger partial charge in [0, 0.05) is 11.8 Å². The predicted molar refractivity (Wildman–Crippen MR) is 103 cm³/mol. The quantitative estimate of drug-likeness (QED) is 0.713. The van der Waals surface area contributed by atoms with Crippen LogP contribution in [0.3, 0.4) is 0 Å². The van der Waals surface area contributed by atoms with Crippen LogP contribution >= 0.6 is 0 Å². The molecule has 0 fully saturated rings. The maximum absolute atomic E-state index is 12.2. The van der Waals surface area contributed by atoms with Crippen LogP contribution in [-0.2, 0) is 10.2 Å². The summed E-state index contributed by atoms with van der Waals surface area (Å²) >= 11 is 0. The van der Waals surface area contributed by atoms with Crippen LogP contribution < -0.4 is 5.32 Å². The van der Waals surface area contributed by atoms with Gasteiger partial charge in [0.25, 0.3) is 0 Å². The average Bonchev–Trinajstić information content (AvgIpc) is 2.53. The summed E-state index contributed by atoms with van der Waals surface area (Å²) in [4.78, 5) is 12.2. The summed E-state index contributed by atoms with van der Waals surface area (Å²) in [6.07, 6.45) is 3.43.